The molecule has 1 aliphatic rings. The zero-order valence-corrected chi connectivity index (χ0v) is 25.1. The van der Waals surface area contributed by atoms with Gasteiger partial charge in [0.2, 0.25) is 5.91 Å². The van der Waals surface area contributed by atoms with Crippen molar-refractivity contribution in [1.29, 1.82) is 0 Å². The second-order valence-corrected chi connectivity index (χ2v) is 11.8. The first kappa shape index (κ1) is 30.4. The molecule has 5 rings (SSSR count). The average molecular weight is 596 g/mol. The molecule has 11 heteroatoms. The number of hydrogen-bond donors (Lipinski definition) is 2. The molecule has 4 aromatic rings. The first-order valence-electron chi connectivity index (χ1n) is 14.6. The Bertz CT molecular complexity index is 1530. The van der Waals surface area contributed by atoms with E-state index in [1.165, 1.54) is 17.4 Å². The van der Waals surface area contributed by atoms with Crippen LogP contribution in [0.4, 0.5) is 10.5 Å². The molecule has 1 saturated heterocycles. The lowest BCUT2D eigenvalue weighted by atomic mass is 9.87. The molecule has 1 aromatic carbocycles. The van der Waals surface area contributed by atoms with Gasteiger partial charge in [-0.25, -0.2) is 9.78 Å². The highest BCUT2D eigenvalue weighted by Gasteiger charge is 2.36. The summed E-state index contributed by atoms with van der Waals surface area (Å²) in [5.41, 5.74) is 3.12. The summed E-state index contributed by atoms with van der Waals surface area (Å²) in [5.74, 6) is -0.774. The molecular formula is C33H37N7O4. The number of carbonyl (C=O) groups excluding carboxylic acids is 3. The van der Waals surface area contributed by atoms with Crippen LogP contribution >= 0.6 is 0 Å². The normalized spacial score (nSPS) is 14.5. The Kier molecular flexibility index (Phi) is 9.32. The number of piperidine rings is 1. The summed E-state index contributed by atoms with van der Waals surface area (Å²) in [6.07, 6.45) is 10.2. The van der Waals surface area contributed by atoms with E-state index in [4.69, 9.17) is 4.74 Å². The lowest BCUT2D eigenvalue weighted by Crippen LogP contribution is -2.50. The lowest BCUT2D eigenvalue weighted by Gasteiger charge is -2.35. The van der Waals surface area contributed by atoms with Gasteiger partial charge in [0.25, 0.3) is 5.91 Å². The predicted molar refractivity (Wildman–Crippen MR) is 165 cm³/mol. The van der Waals surface area contributed by atoms with Crippen molar-refractivity contribution in [3.05, 3.63) is 108 Å². The highest BCUT2D eigenvalue weighted by Crippen LogP contribution is 2.32. The number of amides is 3. The number of aromatic nitrogens is 4. The van der Waals surface area contributed by atoms with Crippen molar-refractivity contribution in [2.75, 3.05) is 18.0 Å². The fourth-order valence-electron chi connectivity index (χ4n) is 5.17. The number of imidazole rings is 1. The second kappa shape index (κ2) is 13.5. The van der Waals surface area contributed by atoms with E-state index in [0.29, 0.717) is 37.2 Å². The van der Waals surface area contributed by atoms with Crippen molar-refractivity contribution in [2.24, 2.45) is 0 Å². The van der Waals surface area contributed by atoms with E-state index in [9.17, 15) is 14.4 Å². The average Bonchev–Trinajstić information content (AvgIpc) is 3.58. The molecule has 1 unspecified atom stereocenters. The number of nitrogens with zero attached hydrogens (tertiary/aromatic N) is 5. The van der Waals surface area contributed by atoms with Crippen LogP contribution in [0.15, 0.2) is 85.8 Å². The smallest absolute Gasteiger partial charge is 0.410 e. The predicted octanol–water partition coefficient (Wildman–Crippen LogP) is 4.80. The maximum atomic E-state index is 14.1. The summed E-state index contributed by atoms with van der Waals surface area (Å²) in [4.78, 5) is 59.2. The van der Waals surface area contributed by atoms with Crippen LogP contribution in [0, 0.1) is 0 Å². The number of anilines is 1. The molecule has 0 spiro atoms. The Morgan fingerprint density at radius 2 is 1.73 bits per heavy atom. The maximum Gasteiger partial charge on any atom is 0.410 e. The van der Waals surface area contributed by atoms with Crippen LogP contribution in [0.5, 0.6) is 0 Å². The monoisotopic (exact) mass is 595 g/mol. The molecule has 1 aliphatic heterocycles. The summed E-state index contributed by atoms with van der Waals surface area (Å²) in [7, 11) is 0. The Morgan fingerprint density at radius 1 is 1.02 bits per heavy atom. The van der Waals surface area contributed by atoms with Gasteiger partial charge < -0.3 is 19.9 Å². The van der Waals surface area contributed by atoms with Crippen molar-refractivity contribution in [3.8, 4) is 0 Å². The number of carbonyl (C=O) groups is 3. The van der Waals surface area contributed by atoms with Crippen molar-refractivity contribution >= 4 is 23.6 Å². The summed E-state index contributed by atoms with van der Waals surface area (Å²) in [6.45, 7) is 7.36. The molecule has 0 radical (unpaired) electrons. The molecule has 228 valence electrons. The number of nitrogens with one attached hydrogen (secondary N) is 2. The fraction of sp³-hybridized carbons (Fsp3) is 0.333. The van der Waals surface area contributed by atoms with Gasteiger partial charge in [0.15, 0.2) is 0 Å². The highest BCUT2D eigenvalue weighted by molar-refractivity contribution is 6.09. The van der Waals surface area contributed by atoms with E-state index in [1.807, 2.05) is 30.3 Å². The zero-order valence-electron chi connectivity index (χ0n) is 25.1. The van der Waals surface area contributed by atoms with Gasteiger partial charge in [-0.1, -0.05) is 45.0 Å². The third-order valence-electron chi connectivity index (χ3n) is 7.64. The van der Waals surface area contributed by atoms with E-state index in [2.05, 4.69) is 46.0 Å². The van der Waals surface area contributed by atoms with Gasteiger partial charge in [0.1, 0.15) is 18.3 Å². The second-order valence-electron chi connectivity index (χ2n) is 11.8. The minimum absolute atomic E-state index is 0.0876. The lowest BCUT2D eigenvalue weighted by molar-refractivity contribution is -0.123. The topological polar surface area (TPSA) is 133 Å². The Labute approximate surface area is 256 Å². The number of likely N-dealkylation sites (tertiary alicyclic amines) is 1. The van der Waals surface area contributed by atoms with Gasteiger partial charge >= 0.3 is 6.09 Å². The molecule has 2 N–H and O–H groups in total. The van der Waals surface area contributed by atoms with Gasteiger partial charge in [0.05, 0.1) is 6.33 Å². The molecule has 0 saturated carbocycles. The molecule has 11 nitrogen and oxygen atoms in total. The molecule has 44 heavy (non-hydrogen) atoms. The quantitative estimate of drug-likeness (QED) is 0.299. The zero-order chi connectivity index (χ0) is 31.1. The van der Waals surface area contributed by atoms with Crippen LogP contribution in [0.3, 0.4) is 0 Å². The standard InChI is InChI=1S/C33H37N7O4/c1-33(2,3)25-8-10-27(11-9-25)40(31(42)28-20-36-22-37-28)29(24-7-5-15-35-19-24)30(41)38-26-12-16-39(17-13-26)32(43)44-21-23-6-4-14-34-18-23/h4-11,14-15,18-20,22,26,29H,12-13,16-17,21H2,1-3H3,(H,36,37)(H,38,41). The first-order valence-corrected chi connectivity index (χ1v) is 14.6. The largest absolute Gasteiger partial charge is 0.444 e. The van der Waals surface area contributed by atoms with Crippen molar-refractivity contribution in [3.63, 3.8) is 0 Å². The Balaban J connectivity index is 1.34. The number of H-pyrrole nitrogens is 1. The van der Waals surface area contributed by atoms with Crippen molar-refractivity contribution in [1.82, 2.24) is 30.2 Å². The SMILES string of the molecule is CC(C)(C)c1ccc(N(C(=O)c2c[nH]cn2)C(C(=O)NC2CCN(C(=O)OCc3cccnc3)CC2)c2cccnc2)cc1. The summed E-state index contributed by atoms with van der Waals surface area (Å²) in [5, 5.41) is 3.14. The van der Waals surface area contributed by atoms with E-state index < -0.39 is 18.0 Å². The molecule has 3 amide bonds. The van der Waals surface area contributed by atoms with Crippen LogP contribution in [-0.4, -0.2) is 61.9 Å². The molecule has 1 fully saturated rings. The van der Waals surface area contributed by atoms with Crippen LogP contribution in [0.25, 0.3) is 0 Å². The number of rotatable bonds is 8. The fourth-order valence-corrected chi connectivity index (χ4v) is 5.17. The van der Waals surface area contributed by atoms with Crippen molar-refractivity contribution < 1.29 is 19.1 Å². The van der Waals surface area contributed by atoms with E-state index in [1.54, 1.807) is 47.9 Å². The number of benzene rings is 1. The van der Waals surface area contributed by atoms with Crippen LogP contribution in [0.2, 0.25) is 0 Å². The van der Waals surface area contributed by atoms with Gasteiger partial charge in [-0.2, -0.15) is 0 Å². The van der Waals surface area contributed by atoms with Crippen LogP contribution < -0.4 is 10.2 Å². The minimum Gasteiger partial charge on any atom is -0.444 e. The summed E-state index contributed by atoms with van der Waals surface area (Å²) >= 11 is 0. The molecule has 4 heterocycles. The Morgan fingerprint density at radius 3 is 2.32 bits per heavy atom. The number of ether oxygens (including phenoxy) is 1. The molecule has 0 bridgehead atoms. The van der Waals surface area contributed by atoms with Gasteiger partial charge in [-0.15, -0.1) is 0 Å². The van der Waals surface area contributed by atoms with Crippen LogP contribution in [-0.2, 0) is 21.6 Å². The number of aromatic amines is 1. The molecule has 1 atom stereocenters. The summed E-state index contributed by atoms with van der Waals surface area (Å²) in [6, 6.07) is 13.6. The van der Waals surface area contributed by atoms with Crippen molar-refractivity contribution in [2.45, 2.75) is 57.7 Å². The first-order chi connectivity index (χ1) is 21.2. The molecule has 3 aromatic heterocycles. The minimum atomic E-state index is -1.02. The molecule has 0 aliphatic carbocycles. The van der Waals surface area contributed by atoms with E-state index in [-0.39, 0.29) is 29.7 Å². The summed E-state index contributed by atoms with van der Waals surface area (Å²) < 4.78 is 5.45. The van der Waals surface area contributed by atoms with Crippen LogP contribution in [0.1, 0.15) is 66.8 Å². The number of hydrogen-bond acceptors (Lipinski definition) is 7. The highest BCUT2D eigenvalue weighted by atomic mass is 16.6. The van der Waals surface area contributed by atoms with E-state index >= 15 is 0 Å². The third-order valence-corrected chi connectivity index (χ3v) is 7.64. The van der Waals surface area contributed by atoms with Gasteiger partial charge in [-0.05, 0) is 48.1 Å². The maximum absolute atomic E-state index is 14.1. The van der Waals surface area contributed by atoms with E-state index in [0.717, 1.165) is 11.1 Å². The van der Waals surface area contributed by atoms with Gasteiger partial charge in [-0.3, -0.25) is 24.5 Å². The Hall–Kier alpha value is -5.06. The third kappa shape index (κ3) is 7.28. The molecular weight excluding hydrogens is 558 g/mol. The van der Waals surface area contributed by atoms with Gasteiger partial charge in [0, 0.05) is 66.9 Å². The number of pyridine rings is 2.